The molecule has 4 rings (SSSR count). The maximum atomic E-state index is 12.6. The number of carbonyl (C=O) groups is 2. The van der Waals surface area contributed by atoms with E-state index >= 15 is 0 Å². The summed E-state index contributed by atoms with van der Waals surface area (Å²) in [4.78, 5) is 28.5. The molecule has 2 fully saturated rings. The molecule has 2 bridgehead atoms. The molecule has 116 valence electrons. The first-order valence-corrected chi connectivity index (χ1v) is 8.07. The Morgan fingerprint density at radius 2 is 1.86 bits per heavy atom. The predicted molar refractivity (Wildman–Crippen MR) is 83.8 cm³/mol. The highest BCUT2D eigenvalue weighted by molar-refractivity contribution is 6.18. The van der Waals surface area contributed by atoms with E-state index in [9.17, 15) is 9.59 Å². The SMILES string of the molecule is CN1[C@@H]2CC[C@H]1CC(NC(=O)N1C(=O)Cc3ccccc31)C2. The Morgan fingerprint density at radius 3 is 2.59 bits per heavy atom. The van der Waals surface area contributed by atoms with Crippen LogP contribution in [0.15, 0.2) is 24.3 Å². The van der Waals surface area contributed by atoms with Crippen molar-refractivity contribution in [3.63, 3.8) is 0 Å². The van der Waals surface area contributed by atoms with Gasteiger partial charge < -0.3 is 10.2 Å². The molecule has 5 heteroatoms. The second-order valence-electron chi connectivity index (χ2n) is 6.70. The van der Waals surface area contributed by atoms with Gasteiger partial charge in [0.2, 0.25) is 5.91 Å². The normalized spacial score (nSPS) is 30.5. The molecule has 3 aliphatic rings. The van der Waals surface area contributed by atoms with E-state index < -0.39 is 0 Å². The predicted octanol–water partition coefficient (Wildman–Crippen LogP) is 1.91. The van der Waals surface area contributed by atoms with Gasteiger partial charge in [0.25, 0.3) is 0 Å². The van der Waals surface area contributed by atoms with Gasteiger partial charge in [-0.15, -0.1) is 0 Å². The highest BCUT2D eigenvalue weighted by Gasteiger charge is 2.40. The van der Waals surface area contributed by atoms with Crippen molar-refractivity contribution in [2.45, 2.75) is 50.2 Å². The maximum Gasteiger partial charge on any atom is 0.328 e. The van der Waals surface area contributed by atoms with Crippen molar-refractivity contribution in [1.82, 2.24) is 10.2 Å². The van der Waals surface area contributed by atoms with E-state index in [0.717, 1.165) is 24.1 Å². The molecule has 0 aliphatic carbocycles. The van der Waals surface area contributed by atoms with Crippen LogP contribution in [0.2, 0.25) is 0 Å². The van der Waals surface area contributed by atoms with Crippen LogP contribution in [0.25, 0.3) is 0 Å². The van der Waals surface area contributed by atoms with Gasteiger partial charge >= 0.3 is 6.03 Å². The lowest BCUT2D eigenvalue weighted by atomic mass is 9.98. The number of anilines is 1. The molecule has 1 aromatic rings. The van der Waals surface area contributed by atoms with Gasteiger partial charge in [0.1, 0.15) is 0 Å². The van der Waals surface area contributed by atoms with E-state index in [2.05, 4.69) is 17.3 Å². The Balaban J connectivity index is 1.48. The zero-order valence-electron chi connectivity index (χ0n) is 12.8. The van der Waals surface area contributed by atoms with Crippen LogP contribution >= 0.6 is 0 Å². The summed E-state index contributed by atoms with van der Waals surface area (Å²) >= 11 is 0. The van der Waals surface area contributed by atoms with Gasteiger partial charge in [-0.05, 0) is 44.4 Å². The summed E-state index contributed by atoms with van der Waals surface area (Å²) in [6.07, 6.45) is 4.74. The first kappa shape index (κ1) is 13.8. The zero-order chi connectivity index (χ0) is 15.3. The number of benzene rings is 1. The fourth-order valence-electron chi connectivity index (χ4n) is 4.25. The lowest BCUT2D eigenvalue weighted by molar-refractivity contribution is -0.116. The first-order valence-electron chi connectivity index (χ1n) is 8.07. The lowest BCUT2D eigenvalue weighted by Gasteiger charge is -2.37. The van der Waals surface area contributed by atoms with E-state index in [1.807, 2.05) is 24.3 Å². The third-order valence-electron chi connectivity index (χ3n) is 5.45. The van der Waals surface area contributed by atoms with Gasteiger partial charge in [0.05, 0.1) is 12.1 Å². The third-order valence-corrected chi connectivity index (χ3v) is 5.45. The molecule has 0 saturated carbocycles. The highest BCUT2D eigenvalue weighted by Crippen LogP contribution is 2.34. The minimum atomic E-state index is -0.260. The number of amides is 3. The number of nitrogens with one attached hydrogen (secondary N) is 1. The molecule has 1 unspecified atom stereocenters. The van der Waals surface area contributed by atoms with Crippen molar-refractivity contribution in [3.8, 4) is 0 Å². The number of nitrogens with zero attached hydrogens (tertiary/aromatic N) is 2. The summed E-state index contributed by atoms with van der Waals surface area (Å²) in [7, 11) is 2.18. The number of imide groups is 1. The summed E-state index contributed by atoms with van der Waals surface area (Å²) in [6, 6.07) is 8.60. The van der Waals surface area contributed by atoms with Crippen molar-refractivity contribution in [1.29, 1.82) is 0 Å². The van der Waals surface area contributed by atoms with Crippen LogP contribution in [-0.4, -0.2) is 42.0 Å². The molecule has 3 atom stereocenters. The minimum absolute atomic E-state index is 0.130. The van der Waals surface area contributed by atoms with E-state index in [-0.39, 0.29) is 18.0 Å². The largest absolute Gasteiger partial charge is 0.334 e. The molecule has 1 N–H and O–H groups in total. The highest BCUT2D eigenvalue weighted by atomic mass is 16.2. The number of piperidine rings is 1. The molecule has 5 nitrogen and oxygen atoms in total. The molecule has 3 heterocycles. The number of rotatable bonds is 1. The Kier molecular flexibility index (Phi) is 3.18. The molecule has 0 aromatic heterocycles. The van der Waals surface area contributed by atoms with Crippen LogP contribution in [0.4, 0.5) is 10.5 Å². The standard InChI is InChI=1S/C17H21N3O2/c1-19-13-6-7-14(19)10-12(9-13)18-17(22)20-15-5-3-2-4-11(15)8-16(20)21/h2-5,12-14H,6-10H2,1H3,(H,18,22)/t12?,13-,14+. The summed E-state index contributed by atoms with van der Waals surface area (Å²) < 4.78 is 0. The Labute approximate surface area is 130 Å². The molecular formula is C17H21N3O2. The van der Waals surface area contributed by atoms with Crippen molar-refractivity contribution < 1.29 is 9.59 Å². The van der Waals surface area contributed by atoms with Crippen LogP contribution in [-0.2, 0) is 11.2 Å². The van der Waals surface area contributed by atoms with Gasteiger partial charge in [-0.1, -0.05) is 18.2 Å². The summed E-state index contributed by atoms with van der Waals surface area (Å²) in [5, 5.41) is 3.09. The molecule has 0 spiro atoms. The van der Waals surface area contributed by atoms with Crippen molar-refractivity contribution in [2.24, 2.45) is 0 Å². The van der Waals surface area contributed by atoms with Gasteiger partial charge in [0.15, 0.2) is 0 Å². The first-order chi connectivity index (χ1) is 10.6. The van der Waals surface area contributed by atoms with Gasteiger partial charge in [-0.2, -0.15) is 0 Å². The van der Waals surface area contributed by atoms with Crippen LogP contribution in [0, 0.1) is 0 Å². The van der Waals surface area contributed by atoms with Crippen LogP contribution in [0.1, 0.15) is 31.2 Å². The number of para-hydroxylation sites is 1. The van der Waals surface area contributed by atoms with Gasteiger partial charge in [0, 0.05) is 18.1 Å². The molecule has 3 aliphatic heterocycles. The number of hydrogen-bond acceptors (Lipinski definition) is 3. The average Bonchev–Trinajstić information content (AvgIpc) is 2.90. The molecule has 2 saturated heterocycles. The van der Waals surface area contributed by atoms with E-state index in [1.165, 1.54) is 17.7 Å². The van der Waals surface area contributed by atoms with Gasteiger partial charge in [-0.3, -0.25) is 4.79 Å². The number of hydrogen-bond donors (Lipinski definition) is 1. The number of urea groups is 1. The van der Waals surface area contributed by atoms with Crippen molar-refractivity contribution in [2.75, 3.05) is 11.9 Å². The van der Waals surface area contributed by atoms with E-state index in [0.29, 0.717) is 18.5 Å². The van der Waals surface area contributed by atoms with Crippen LogP contribution in [0.5, 0.6) is 0 Å². The lowest BCUT2D eigenvalue weighted by Crippen LogP contribution is -2.52. The smallest absolute Gasteiger partial charge is 0.328 e. The van der Waals surface area contributed by atoms with Crippen LogP contribution in [0.3, 0.4) is 0 Å². The monoisotopic (exact) mass is 299 g/mol. The Hall–Kier alpha value is -1.88. The molecule has 22 heavy (non-hydrogen) atoms. The van der Waals surface area contributed by atoms with Crippen molar-refractivity contribution in [3.05, 3.63) is 29.8 Å². The molecular weight excluding hydrogens is 278 g/mol. The Morgan fingerprint density at radius 1 is 1.18 bits per heavy atom. The average molecular weight is 299 g/mol. The molecule has 0 radical (unpaired) electrons. The maximum absolute atomic E-state index is 12.6. The topological polar surface area (TPSA) is 52.7 Å². The van der Waals surface area contributed by atoms with Gasteiger partial charge in [-0.25, -0.2) is 9.69 Å². The summed E-state index contributed by atoms with van der Waals surface area (Å²) in [5.41, 5.74) is 1.67. The molecule has 3 amide bonds. The summed E-state index contributed by atoms with van der Waals surface area (Å²) in [5.74, 6) is -0.130. The second kappa shape index (κ2) is 5.09. The Bertz CT molecular complexity index is 616. The fourth-order valence-corrected chi connectivity index (χ4v) is 4.25. The fraction of sp³-hybridized carbons (Fsp3) is 0.529. The van der Waals surface area contributed by atoms with Crippen molar-refractivity contribution >= 4 is 17.6 Å². The summed E-state index contributed by atoms with van der Waals surface area (Å²) in [6.45, 7) is 0. The minimum Gasteiger partial charge on any atom is -0.334 e. The van der Waals surface area contributed by atoms with E-state index in [1.54, 1.807) is 0 Å². The second-order valence-corrected chi connectivity index (χ2v) is 6.70. The molecule has 1 aromatic carbocycles. The number of carbonyl (C=O) groups excluding carboxylic acids is 2. The third kappa shape index (κ3) is 2.11. The van der Waals surface area contributed by atoms with Crippen LogP contribution < -0.4 is 10.2 Å². The quantitative estimate of drug-likeness (QED) is 0.862. The zero-order valence-corrected chi connectivity index (χ0v) is 12.8. The van der Waals surface area contributed by atoms with E-state index in [4.69, 9.17) is 0 Å². The number of fused-ring (bicyclic) bond motifs is 3.